The zero-order chi connectivity index (χ0) is 16.8. The second-order valence-electron chi connectivity index (χ2n) is 7.18. The van der Waals surface area contributed by atoms with E-state index in [1.54, 1.807) is 12.1 Å². The fraction of sp³-hybridized carbons (Fsp3) is 0.556. The third kappa shape index (κ3) is 2.84. The minimum absolute atomic E-state index is 0.214. The summed E-state index contributed by atoms with van der Waals surface area (Å²) in [5, 5.41) is 8.58. The number of nitrogens with zero attached hydrogens (tertiary/aromatic N) is 3. The van der Waals surface area contributed by atoms with Crippen LogP contribution in [0.5, 0.6) is 0 Å². The molecule has 1 N–H and O–H groups in total. The third-order valence-electron chi connectivity index (χ3n) is 5.09. The molecule has 0 saturated carbocycles. The number of fused-ring (bicyclic) bond motifs is 2. The van der Waals surface area contributed by atoms with E-state index in [-0.39, 0.29) is 16.9 Å². The van der Waals surface area contributed by atoms with Crippen LogP contribution in [0, 0.1) is 5.82 Å². The number of aryl methyl sites for hydroxylation is 2. The highest BCUT2D eigenvalue weighted by Crippen LogP contribution is 2.35. The van der Waals surface area contributed by atoms with Gasteiger partial charge in [0.25, 0.3) is 0 Å². The molecule has 2 atom stereocenters. The molecule has 1 aromatic heterocycles. The van der Waals surface area contributed by atoms with Crippen LogP contribution in [0.4, 0.5) is 4.39 Å². The Balaban J connectivity index is 1.49. The lowest BCUT2D eigenvalue weighted by atomic mass is 10.0. The van der Waals surface area contributed by atoms with E-state index in [0.717, 1.165) is 55.0 Å². The van der Waals surface area contributed by atoms with Crippen LogP contribution in [-0.2, 0) is 19.4 Å². The second-order valence-corrected chi connectivity index (χ2v) is 7.59. The molecule has 1 aliphatic carbocycles. The molecule has 0 amide bonds. The Morgan fingerprint density at radius 3 is 2.92 bits per heavy atom. The van der Waals surface area contributed by atoms with Crippen molar-refractivity contribution in [2.45, 2.75) is 64.1 Å². The number of halogens is 2. The van der Waals surface area contributed by atoms with Gasteiger partial charge in [0.05, 0.1) is 11.6 Å². The Labute approximate surface area is 146 Å². The minimum Gasteiger partial charge on any atom is -0.305 e. The molecule has 2 unspecified atom stereocenters. The highest BCUT2D eigenvalue weighted by atomic mass is 35.5. The Morgan fingerprint density at radius 2 is 2.12 bits per heavy atom. The molecule has 128 valence electrons. The summed E-state index contributed by atoms with van der Waals surface area (Å²) in [4.78, 5) is 4.64. The van der Waals surface area contributed by atoms with Gasteiger partial charge in [-0.1, -0.05) is 25.4 Å². The Kier molecular flexibility index (Phi) is 4.09. The van der Waals surface area contributed by atoms with Crippen molar-refractivity contribution in [1.29, 1.82) is 0 Å². The van der Waals surface area contributed by atoms with Crippen molar-refractivity contribution in [3.05, 3.63) is 45.7 Å². The summed E-state index contributed by atoms with van der Waals surface area (Å²) < 4.78 is 15.7. The Bertz CT molecular complexity index is 771. The topological polar surface area (TPSA) is 42.7 Å². The lowest BCUT2D eigenvalue weighted by molar-refractivity contribution is 0.326. The molecule has 0 bridgehead atoms. The molecule has 1 aromatic carbocycles. The maximum absolute atomic E-state index is 13.6. The van der Waals surface area contributed by atoms with Gasteiger partial charge in [-0.3, -0.25) is 0 Å². The standard InChI is InChI=1S/C18H22ClFN4/c1-10(2)18-22-17-6-4-12(9-24(17)23-18)21-16-5-3-11-7-15(20)14(19)8-13(11)16/h7-8,10,12,16,21H,3-6,9H2,1-2H3. The summed E-state index contributed by atoms with van der Waals surface area (Å²) in [5.41, 5.74) is 2.22. The fourth-order valence-corrected chi connectivity index (χ4v) is 3.94. The lowest BCUT2D eigenvalue weighted by Gasteiger charge is -2.27. The molecule has 0 fully saturated rings. The van der Waals surface area contributed by atoms with Crippen molar-refractivity contribution >= 4 is 11.6 Å². The van der Waals surface area contributed by atoms with Gasteiger partial charge in [0.1, 0.15) is 11.6 Å². The third-order valence-corrected chi connectivity index (χ3v) is 5.38. The summed E-state index contributed by atoms with van der Waals surface area (Å²) in [7, 11) is 0. The van der Waals surface area contributed by atoms with Gasteiger partial charge in [0, 0.05) is 24.4 Å². The van der Waals surface area contributed by atoms with Gasteiger partial charge in [0.2, 0.25) is 0 Å². The summed E-state index contributed by atoms with van der Waals surface area (Å²) in [6.45, 7) is 5.08. The van der Waals surface area contributed by atoms with E-state index in [0.29, 0.717) is 12.0 Å². The Hall–Kier alpha value is -1.46. The molecular formula is C18H22ClFN4. The SMILES string of the molecule is CC(C)c1nc2n(n1)CC(NC1CCc3cc(F)c(Cl)cc31)CC2. The van der Waals surface area contributed by atoms with Crippen molar-refractivity contribution in [1.82, 2.24) is 20.1 Å². The lowest BCUT2D eigenvalue weighted by Crippen LogP contribution is -2.39. The smallest absolute Gasteiger partial charge is 0.153 e. The monoisotopic (exact) mass is 348 g/mol. The zero-order valence-corrected chi connectivity index (χ0v) is 14.8. The van der Waals surface area contributed by atoms with E-state index < -0.39 is 0 Å². The summed E-state index contributed by atoms with van der Waals surface area (Å²) >= 11 is 5.97. The number of hydrogen-bond acceptors (Lipinski definition) is 3. The number of rotatable bonds is 3. The van der Waals surface area contributed by atoms with Gasteiger partial charge in [-0.2, -0.15) is 5.10 Å². The van der Waals surface area contributed by atoms with Crippen LogP contribution in [0.2, 0.25) is 5.02 Å². The van der Waals surface area contributed by atoms with Crippen molar-refractivity contribution < 1.29 is 4.39 Å². The van der Waals surface area contributed by atoms with Crippen LogP contribution >= 0.6 is 11.6 Å². The van der Waals surface area contributed by atoms with Gasteiger partial charge < -0.3 is 5.32 Å². The van der Waals surface area contributed by atoms with E-state index in [1.807, 2.05) is 4.68 Å². The van der Waals surface area contributed by atoms with Gasteiger partial charge in [-0.25, -0.2) is 14.1 Å². The van der Waals surface area contributed by atoms with E-state index >= 15 is 0 Å². The fourth-order valence-electron chi connectivity index (χ4n) is 3.77. The van der Waals surface area contributed by atoms with Crippen LogP contribution in [0.15, 0.2) is 12.1 Å². The predicted molar refractivity (Wildman–Crippen MR) is 91.8 cm³/mol. The molecule has 1 aliphatic heterocycles. The highest BCUT2D eigenvalue weighted by molar-refractivity contribution is 6.30. The zero-order valence-electron chi connectivity index (χ0n) is 14.0. The molecule has 4 rings (SSSR count). The average Bonchev–Trinajstić information content (AvgIpc) is 3.12. The normalized spacial score (nSPS) is 22.7. The summed E-state index contributed by atoms with van der Waals surface area (Å²) in [6.07, 6.45) is 3.89. The van der Waals surface area contributed by atoms with E-state index in [1.165, 1.54) is 0 Å². The molecular weight excluding hydrogens is 327 g/mol. The quantitative estimate of drug-likeness (QED) is 0.917. The molecule has 2 aromatic rings. The van der Waals surface area contributed by atoms with Crippen LogP contribution in [-0.4, -0.2) is 20.8 Å². The molecule has 24 heavy (non-hydrogen) atoms. The van der Waals surface area contributed by atoms with Crippen molar-refractivity contribution in [2.75, 3.05) is 0 Å². The number of aromatic nitrogens is 3. The highest BCUT2D eigenvalue weighted by Gasteiger charge is 2.29. The number of benzene rings is 1. The number of hydrogen-bond donors (Lipinski definition) is 1. The minimum atomic E-state index is -0.317. The second kappa shape index (κ2) is 6.12. The predicted octanol–water partition coefficient (Wildman–Crippen LogP) is 3.79. The van der Waals surface area contributed by atoms with Gasteiger partial charge in [-0.05, 0) is 42.5 Å². The molecule has 2 aliphatic rings. The van der Waals surface area contributed by atoms with Crippen LogP contribution in [0.3, 0.4) is 0 Å². The summed E-state index contributed by atoms with van der Waals surface area (Å²) in [5.74, 6) is 2.06. The maximum Gasteiger partial charge on any atom is 0.153 e. The first-order valence-corrected chi connectivity index (χ1v) is 9.06. The molecule has 0 spiro atoms. The van der Waals surface area contributed by atoms with Gasteiger partial charge in [0.15, 0.2) is 5.82 Å². The van der Waals surface area contributed by atoms with Crippen molar-refractivity contribution in [2.24, 2.45) is 0 Å². The molecule has 6 heteroatoms. The van der Waals surface area contributed by atoms with Crippen LogP contribution < -0.4 is 5.32 Å². The molecule has 2 heterocycles. The summed E-state index contributed by atoms with van der Waals surface area (Å²) in [6, 6.07) is 3.99. The largest absolute Gasteiger partial charge is 0.305 e. The first-order valence-electron chi connectivity index (χ1n) is 8.68. The molecule has 0 radical (unpaired) electrons. The first-order chi connectivity index (χ1) is 11.5. The maximum atomic E-state index is 13.6. The first kappa shape index (κ1) is 16.0. The average molecular weight is 349 g/mol. The van der Waals surface area contributed by atoms with Crippen molar-refractivity contribution in [3.63, 3.8) is 0 Å². The van der Waals surface area contributed by atoms with Crippen molar-refractivity contribution in [3.8, 4) is 0 Å². The van der Waals surface area contributed by atoms with E-state index in [4.69, 9.17) is 11.6 Å². The van der Waals surface area contributed by atoms with Gasteiger partial charge >= 0.3 is 0 Å². The number of nitrogens with one attached hydrogen (secondary N) is 1. The van der Waals surface area contributed by atoms with E-state index in [2.05, 4.69) is 29.2 Å². The Morgan fingerprint density at radius 1 is 1.29 bits per heavy atom. The molecule has 4 nitrogen and oxygen atoms in total. The van der Waals surface area contributed by atoms with Crippen LogP contribution in [0.25, 0.3) is 0 Å². The van der Waals surface area contributed by atoms with Gasteiger partial charge in [-0.15, -0.1) is 0 Å². The molecule has 0 saturated heterocycles. The van der Waals surface area contributed by atoms with E-state index in [9.17, 15) is 4.39 Å². The van der Waals surface area contributed by atoms with Crippen LogP contribution in [0.1, 0.15) is 61.4 Å².